The molecule has 1 heterocycles. The van der Waals surface area contributed by atoms with Crippen molar-refractivity contribution in [3.05, 3.63) is 30.1 Å². The summed E-state index contributed by atoms with van der Waals surface area (Å²) in [5.74, 6) is 0. The number of nitrogens with zero attached hydrogens (tertiary/aromatic N) is 1. The number of nitrogens with one attached hydrogen (secondary N) is 1. The molecule has 19 heavy (non-hydrogen) atoms. The maximum absolute atomic E-state index is 9.90. The first-order valence-corrected chi connectivity index (χ1v) is 7.19. The van der Waals surface area contributed by atoms with E-state index in [9.17, 15) is 5.11 Å². The van der Waals surface area contributed by atoms with Crippen molar-refractivity contribution < 1.29 is 9.84 Å². The Morgan fingerprint density at radius 3 is 2.89 bits per heavy atom. The molecule has 2 unspecified atom stereocenters. The van der Waals surface area contributed by atoms with Crippen LogP contribution in [0.2, 0.25) is 0 Å². The highest BCUT2D eigenvalue weighted by molar-refractivity contribution is 5.07. The van der Waals surface area contributed by atoms with Gasteiger partial charge in [-0.25, -0.2) is 0 Å². The van der Waals surface area contributed by atoms with E-state index in [1.807, 2.05) is 25.1 Å². The van der Waals surface area contributed by atoms with Crippen molar-refractivity contribution in [2.24, 2.45) is 0 Å². The Hall–Kier alpha value is -0.970. The molecular weight excluding hydrogens is 240 g/mol. The molecule has 2 rings (SSSR count). The zero-order valence-electron chi connectivity index (χ0n) is 11.6. The predicted octanol–water partition coefficient (Wildman–Crippen LogP) is 2.05. The fourth-order valence-corrected chi connectivity index (χ4v) is 2.41. The molecule has 2 atom stereocenters. The molecule has 0 aromatic carbocycles. The summed E-state index contributed by atoms with van der Waals surface area (Å²) in [7, 11) is 0. The van der Waals surface area contributed by atoms with Crippen molar-refractivity contribution in [3.8, 4) is 0 Å². The fourth-order valence-electron chi connectivity index (χ4n) is 2.41. The summed E-state index contributed by atoms with van der Waals surface area (Å²) in [4.78, 5) is 4.29. The molecule has 0 bridgehead atoms. The second-order valence-electron chi connectivity index (χ2n) is 5.28. The molecule has 1 fully saturated rings. The molecule has 0 radical (unpaired) electrons. The lowest BCUT2D eigenvalue weighted by Crippen LogP contribution is -2.33. The molecule has 1 saturated carbocycles. The fraction of sp³-hybridized carbons (Fsp3) is 0.667. The number of aromatic nitrogens is 1. The summed E-state index contributed by atoms with van der Waals surface area (Å²) in [5.41, 5.74) is 0.992. The van der Waals surface area contributed by atoms with Crippen LogP contribution in [0.1, 0.15) is 44.3 Å². The van der Waals surface area contributed by atoms with Crippen LogP contribution in [0.15, 0.2) is 24.4 Å². The molecule has 4 nitrogen and oxygen atoms in total. The van der Waals surface area contributed by atoms with Crippen LogP contribution in [-0.2, 0) is 4.74 Å². The Bertz CT molecular complexity index is 352. The van der Waals surface area contributed by atoms with Gasteiger partial charge >= 0.3 is 0 Å². The lowest BCUT2D eigenvalue weighted by atomic mass is 10.2. The Morgan fingerprint density at radius 1 is 1.42 bits per heavy atom. The molecule has 2 N–H and O–H groups in total. The average molecular weight is 264 g/mol. The number of pyridine rings is 1. The molecule has 0 spiro atoms. The number of ether oxygens (including phenoxy) is 1. The third-order valence-corrected chi connectivity index (χ3v) is 3.62. The number of hydrogen-bond donors (Lipinski definition) is 2. The van der Waals surface area contributed by atoms with Gasteiger partial charge < -0.3 is 15.2 Å². The number of hydrogen-bond acceptors (Lipinski definition) is 4. The lowest BCUT2D eigenvalue weighted by Gasteiger charge is -2.18. The van der Waals surface area contributed by atoms with E-state index >= 15 is 0 Å². The van der Waals surface area contributed by atoms with Crippen LogP contribution in [0.3, 0.4) is 0 Å². The first-order valence-electron chi connectivity index (χ1n) is 7.19. The summed E-state index contributed by atoms with van der Waals surface area (Å²) in [6.07, 6.45) is 6.50. The smallest absolute Gasteiger partial charge is 0.0898 e. The van der Waals surface area contributed by atoms with Gasteiger partial charge in [-0.1, -0.05) is 18.9 Å². The molecule has 0 aliphatic heterocycles. The van der Waals surface area contributed by atoms with Gasteiger partial charge in [0.25, 0.3) is 0 Å². The van der Waals surface area contributed by atoms with E-state index in [1.165, 1.54) is 12.8 Å². The van der Waals surface area contributed by atoms with Gasteiger partial charge in [0, 0.05) is 18.8 Å². The third kappa shape index (κ3) is 4.90. The molecule has 0 amide bonds. The van der Waals surface area contributed by atoms with E-state index in [1.54, 1.807) is 6.20 Å². The van der Waals surface area contributed by atoms with Gasteiger partial charge in [0.05, 0.1) is 24.5 Å². The van der Waals surface area contributed by atoms with Crippen molar-refractivity contribution in [2.45, 2.75) is 50.9 Å². The van der Waals surface area contributed by atoms with E-state index < -0.39 is 6.10 Å². The van der Waals surface area contributed by atoms with Crippen molar-refractivity contribution in [3.63, 3.8) is 0 Å². The van der Waals surface area contributed by atoms with Crippen molar-refractivity contribution in [1.29, 1.82) is 0 Å². The van der Waals surface area contributed by atoms with Crippen molar-refractivity contribution in [2.75, 3.05) is 13.2 Å². The Morgan fingerprint density at radius 2 is 2.21 bits per heavy atom. The van der Waals surface area contributed by atoms with E-state index in [2.05, 4.69) is 10.3 Å². The Kier molecular flexibility index (Phi) is 5.76. The summed E-state index contributed by atoms with van der Waals surface area (Å²) in [6.45, 7) is 3.00. The maximum Gasteiger partial charge on any atom is 0.0898 e. The first-order chi connectivity index (χ1) is 9.25. The average Bonchev–Trinajstić information content (AvgIpc) is 2.96. The zero-order chi connectivity index (χ0) is 13.5. The van der Waals surface area contributed by atoms with Crippen LogP contribution in [-0.4, -0.2) is 35.5 Å². The van der Waals surface area contributed by atoms with Gasteiger partial charge in [-0.2, -0.15) is 0 Å². The standard InChI is InChI=1S/C15H24N2O2/c1-12(15-8-4-5-9-16-15)17-10-13(18)11-19-14-6-2-3-7-14/h4-5,8-9,12-14,17-18H,2-3,6-7,10-11H2,1H3. The maximum atomic E-state index is 9.90. The molecule has 1 aliphatic rings. The largest absolute Gasteiger partial charge is 0.389 e. The topological polar surface area (TPSA) is 54.4 Å². The molecule has 1 aromatic rings. The van der Waals surface area contributed by atoms with Crippen LogP contribution < -0.4 is 5.32 Å². The minimum Gasteiger partial charge on any atom is -0.389 e. The Balaban J connectivity index is 1.64. The monoisotopic (exact) mass is 264 g/mol. The van der Waals surface area contributed by atoms with Gasteiger partial charge in [-0.05, 0) is 31.9 Å². The molecular formula is C15H24N2O2. The number of rotatable bonds is 7. The number of aliphatic hydroxyl groups excluding tert-OH is 1. The van der Waals surface area contributed by atoms with Crippen LogP contribution in [0.4, 0.5) is 0 Å². The van der Waals surface area contributed by atoms with Crippen LogP contribution in [0.5, 0.6) is 0 Å². The Labute approximate surface area is 115 Å². The molecule has 4 heteroatoms. The minimum absolute atomic E-state index is 0.141. The van der Waals surface area contributed by atoms with Crippen LogP contribution in [0, 0.1) is 0 Å². The van der Waals surface area contributed by atoms with E-state index in [-0.39, 0.29) is 6.04 Å². The molecule has 106 valence electrons. The highest BCUT2D eigenvalue weighted by Gasteiger charge is 2.17. The van der Waals surface area contributed by atoms with Crippen LogP contribution in [0.25, 0.3) is 0 Å². The molecule has 1 aromatic heterocycles. The summed E-state index contributed by atoms with van der Waals surface area (Å²) in [6, 6.07) is 6.00. The molecule has 1 aliphatic carbocycles. The first kappa shape index (κ1) is 14.4. The van der Waals surface area contributed by atoms with Gasteiger partial charge in [-0.3, -0.25) is 4.98 Å². The van der Waals surface area contributed by atoms with Gasteiger partial charge in [0.15, 0.2) is 0 Å². The van der Waals surface area contributed by atoms with E-state index in [0.717, 1.165) is 18.5 Å². The van der Waals surface area contributed by atoms with Crippen molar-refractivity contribution >= 4 is 0 Å². The minimum atomic E-state index is -0.452. The van der Waals surface area contributed by atoms with Crippen LogP contribution >= 0.6 is 0 Å². The predicted molar refractivity (Wildman–Crippen MR) is 74.9 cm³/mol. The quantitative estimate of drug-likeness (QED) is 0.791. The van der Waals surface area contributed by atoms with E-state index in [4.69, 9.17) is 4.74 Å². The zero-order valence-corrected chi connectivity index (χ0v) is 11.6. The lowest BCUT2D eigenvalue weighted by molar-refractivity contribution is -0.00613. The summed E-state index contributed by atoms with van der Waals surface area (Å²) < 4.78 is 5.70. The summed E-state index contributed by atoms with van der Waals surface area (Å²) in [5, 5.41) is 13.2. The summed E-state index contributed by atoms with van der Waals surface area (Å²) >= 11 is 0. The van der Waals surface area contributed by atoms with Gasteiger partial charge in [0.2, 0.25) is 0 Å². The molecule has 0 saturated heterocycles. The van der Waals surface area contributed by atoms with Gasteiger partial charge in [-0.15, -0.1) is 0 Å². The highest BCUT2D eigenvalue weighted by Crippen LogP contribution is 2.20. The van der Waals surface area contributed by atoms with Gasteiger partial charge in [0.1, 0.15) is 0 Å². The van der Waals surface area contributed by atoms with Crippen molar-refractivity contribution in [1.82, 2.24) is 10.3 Å². The third-order valence-electron chi connectivity index (χ3n) is 3.62. The normalized spacial score (nSPS) is 19.5. The second-order valence-corrected chi connectivity index (χ2v) is 5.28. The van der Waals surface area contributed by atoms with E-state index in [0.29, 0.717) is 19.3 Å². The highest BCUT2D eigenvalue weighted by atomic mass is 16.5. The number of aliphatic hydroxyl groups is 1. The SMILES string of the molecule is CC(NCC(O)COC1CCCC1)c1ccccn1. The second kappa shape index (κ2) is 7.58.